The van der Waals surface area contributed by atoms with E-state index in [1.165, 1.54) is 6.07 Å². The SMILES string of the molecule is Cc1cc(C)c(C(=O)COC(=O)c2cc(=O)[nH]c3ccccc23)cc1C. The summed E-state index contributed by atoms with van der Waals surface area (Å²) < 4.78 is 5.19. The van der Waals surface area contributed by atoms with Gasteiger partial charge in [0.2, 0.25) is 11.3 Å². The van der Waals surface area contributed by atoms with Crippen molar-refractivity contribution in [3.63, 3.8) is 0 Å². The van der Waals surface area contributed by atoms with E-state index in [0.29, 0.717) is 16.5 Å². The Balaban J connectivity index is 1.83. The van der Waals surface area contributed by atoms with E-state index in [0.717, 1.165) is 16.7 Å². The topological polar surface area (TPSA) is 76.2 Å². The molecule has 0 amide bonds. The molecule has 0 aliphatic carbocycles. The molecule has 0 atom stereocenters. The van der Waals surface area contributed by atoms with Gasteiger partial charge in [-0.25, -0.2) is 4.79 Å². The summed E-state index contributed by atoms with van der Waals surface area (Å²) in [6, 6.07) is 11.9. The number of aryl methyl sites for hydroxylation is 3. The second kappa shape index (κ2) is 6.96. The summed E-state index contributed by atoms with van der Waals surface area (Å²) in [5.41, 5.74) is 3.79. The summed E-state index contributed by atoms with van der Waals surface area (Å²) in [5, 5.41) is 0.576. The van der Waals surface area contributed by atoms with Crippen LogP contribution in [0.5, 0.6) is 0 Å². The Kier molecular flexibility index (Phi) is 4.71. The van der Waals surface area contributed by atoms with Crippen LogP contribution in [0, 0.1) is 20.8 Å². The number of carbonyl (C=O) groups is 2. The number of para-hydroxylation sites is 1. The van der Waals surface area contributed by atoms with E-state index in [-0.39, 0.29) is 18.0 Å². The molecule has 0 radical (unpaired) electrons. The number of pyridine rings is 1. The van der Waals surface area contributed by atoms with Crippen molar-refractivity contribution in [3.8, 4) is 0 Å². The van der Waals surface area contributed by atoms with Crippen molar-refractivity contribution in [3.05, 3.63) is 80.6 Å². The molecule has 0 aliphatic heterocycles. The summed E-state index contributed by atoms with van der Waals surface area (Å²) in [4.78, 5) is 39.3. The highest BCUT2D eigenvalue weighted by atomic mass is 16.5. The largest absolute Gasteiger partial charge is 0.454 e. The van der Waals surface area contributed by atoms with E-state index >= 15 is 0 Å². The van der Waals surface area contributed by atoms with Crippen LogP contribution in [0.25, 0.3) is 10.9 Å². The molecule has 1 heterocycles. The van der Waals surface area contributed by atoms with E-state index in [1.807, 2.05) is 32.9 Å². The molecule has 0 saturated carbocycles. The average Bonchev–Trinajstić information content (AvgIpc) is 2.61. The van der Waals surface area contributed by atoms with Gasteiger partial charge in [0.25, 0.3) is 0 Å². The van der Waals surface area contributed by atoms with Crippen molar-refractivity contribution in [1.82, 2.24) is 4.98 Å². The van der Waals surface area contributed by atoms with Crippen LogP contribution >= 0.6 is 0 Å². The molecule has 1 N–H and O–H groups in total. The fourth-order valence-electron chi connectivity index (χ4n) is 2.92. The molecular formula is C21H19NO4. The van der Waals surface area contributed by atoms with Gasteiger partial charge in [0.15, 0.2) is 6.61 Å². The fourth-order valence-corrected chi connectivity index (χ4v) is 2.92. The third-order valence-corrected chi connectivity index (χ3v) is 4.45. The number of fused-ring (bicyclic) bond motifs is 1. The van der Waals surface area contributed by atoms with Crippen LogP contribution in [0.4, 0.5) is 0 Å². The van der Waals surface area contributed by atoms with Gasteiger partial charge in [-0.05, 0) is 49.6 Å². The minimum absolute atomic E-state index is 0.147. The Morgan fingerprint density at radius 2 is 1.62 bits per heavy atom. The Morgan fingerprint density at radius 3 is 2.38 bits per heavy atom. The number of aromatic nitrogens is 1. The zero-order valence-electron chi connectivity index (χ0n) is 14.9. The number of hydrogen-bond donors (Lipinski definition) is 1. The van der Waals surface area contributed by atoms with Gasteiger partial charge in [-0.1, -0.05) is 24.3 Å². The number of aromatic amines is 1. The lowest BCUT2D eigenvalue weighted by atomic mass is 9.98. The molecule has 1 aromatic heterocycles. The number of carbonyl (C=O) groups excluding carboxylic acids is 2. The monoisotopic (exact) mass is 349 g/mol. The van der Waals surface area contributed by atoms with Crippen molar-refractivity contribution < 1.29 is 14.3 Å². The molecular weight excluding hydrogens is 330 g/mol. The second-order valence-electron chi connectivity index (χ2n) is 6.34. The number of nitrogens with one attached hydrogen (secondary N) is 1. The predicted octanol–water partition coefficient (Wildman–Crippen LogP) is 3.49. The highest BCUT2D eigenvalue weighted by molar-refractivity contribution is 6.05. The summed E-state index contributed by atoms with van der Waals surface area (Å²) in [6.45, 7) is 5.39. The highest BCUT2D eigenvalue weighted by Crippen LogP contribution is 2.18. The van der Waals surface area contributed by atoms with Gasteiger partial charge in [-0.2, -0.15) is 0 Å². The van der Waals surface area contributed by atoms with E-state index in [2.05, 4.69) is 4.98 Å². The van der Waals surface area contributed by atoms with Crippen molar-refractivity contribution in [2.45, 2.75) is 20.8 Å². The fraction of sp³-hybridized carbons (Fsp3) is 0.190. The lowest BCUT2D eigenvalue weighted by Crippen LogP contribution is -2.18. The van der Waals surface area contributed by atoms with Crippen molar-refractivity contribution in [2.24, 2.45) is 0 Å². The molecule has 5 heteroatoms. The molecule has 3 rings (SSSR count). The predicted molar refractivity (Wildman–Crippen MR) is 99.8 cm³/mol. The van der Waals surface area contributed by atoms with Gasteiger partial charge >= 0.3 is 5.97 Å². The Morgan fingerprint density at radius 1 is 0.923 bits per heavy atom. The number of H-pyrrole nitrogens is 1. The Bertz CT molecular complexity index is 1080. The van der Waals surface area contributed by atoms with Crippen molar-refractivity contribution in [1.29, 1.82) is 0 Å². The summed E-state index contributed by atoms with van der Waals surface area (Å²) in [7, 11) is 0. The van der Waals surface area contributed by atoms with Crippen LogP contribution in [0.2, 0.25) is 0 Å². The Labute approximate surface area is 150 Å². The molecule has 0 saturated heterocycles. The van der Waals surface area contributed by atoms with Crippen LogP contribution < -0.4 is 5.56 Å². The lowest BCUT2D eigenvalue weighted by molar-refractivity contribution is 0.0476. The summed E-state index contributed by atoms with van der Waals surface area (Å²) in [6.07, 6.45) is 0. The number of ketones is 1. The Hall–Kier alpha value is -3.21. The van der Waals surface area contributed by atoms with Crippen molar-refractivity contribution in [2.75, 3.05) is 6.61 Å². The van der Waals surface area contributed by atoms with Crippen molar-refractivity contribution >= 4 is 22.7 Å². The molecule has 5 nitrogen and oxygen atoms in total. The number of hydrogen-bond acceptors (Lipinski definition) is 4. The third kappa shape index (κ3) is 3.42. The van der Waals surface area contributed by atoms with Gasteiger partial charge in [0.05, 0.1) is 5.56 Å². The van der Waals surface area contributed by atoms with E-state index in [1.54, 1.807) is 24.3 Å². The minimum atomic E-state index is -0.692. The molecule has 26 heavy (non-hydrogen) atoms. The molecule has 3 aromatic rings. The number of ether oxygens (including phenoxy) is 1. The molecule has 0 spiro atoms. The molecule has 0 fully saturated rings. The smallest absolute Gasteiger partial charge is 0.339 e. The molecule has 132 valence electrons. The van der Waals surface area contributed by atoms with Crippen LogP contribution in [0.1, 0.15) is 37.4 Å². The highest BCUT2D eigenvalue weighted by Gasteiger charge is 2.17. The first-order valence-electron chi connectivity index (χ1n) is 8.27. The standard InChI is InChI=1S/C21H19NO4/c1-12-8-14(3)16(9-13(12)2)19(23)11-26-21(25)17-10-20(24)22-18-7-5-4-6-15(17)18/h4-10H,11H2,1-3H3,(H,22,24). The molecule has 0 bridgehead atoms. The number of rotatable bonds is 4. The first-order chi connectivity index (χ1) is 12.4. The summed E-state index contributed by atoms with van der Waals surface area (Å²) in [5.74, 6) is -0.963. The zero-order valence-corrected chi connectivity index (χ0v) is 14.9. The van der Waals surface area contributed by atoms with Crippen LogP contribution in [0.3, 0.4) is 0 Å². The first kappa shape index (κ1) is 17.6. The van der Waals surface area contributed by atoms with Gasteiger partial charge in [0, 0.05) is 22.5 Å². The van der Waals surface area contributed by atoms with E-state index in [9.17, 15) is 14.4 Å². The van der Waals surface area contributed by atoms with Gasteiger partial charge in [0.1, 0.15) is 0 Å². The van der Waals surface area contributed by atoms with Crippen LogP contribution in [0.15, 0.2) is 47.3 Å². The number of esters is 1. The zero-order chi connectivity index (χ0) is 18.8. The quantitative estimate of drug-likeness (QED) is 0.578. The molecule has 0 unspecified atom stereocenters. The number of Topliss-reactive ketones (excluding diaryl/α,β-unsaturated/α-hetero) is 1. The molecule has 0 aliphatic rings. The normalized spacial score (nSPS) is 10.7. The van der Waals surface area contributed by atoms with Gasteiger partial charge < -0.3 is 9.72 Å². The average molecular weight is 349 g/mol. The minimum Gasteiger partial charge on any atom is -0.454 e. The van der Waals surface area contributed by atoms with Gasteiger partial charge in [-0.15, -0.1) is 0 Å². The first-order valence-corrected chi connectivity index (χ1v) is 8.27. The third-order valence-electron chi connectivity index (χ3n) is 4.45. The van der Waals surface area contributed by atoms with E-state index < -0.39 is 11.5 Å². The second-order valence-corrected chi connectivity index (χ2v) is 6.34. The van der Waals surface area contributed by atoms with Gasteiger partial charge in [-0.3, -0.25) is 9.59 Å². The maximum atomic E-state index is 12.5. The van der Waals surface area contributed by atoms with Crippen LogP contribution in [-0.4, -0.2) is 23.3 Å². The maximum absolute atomic E-state index is 12.5. The lowest BCUT2D eigenvalue weighted by Gasteiger charge is -2.10. The van der Waals surface area contributed by atoms with E-state index in [4.69, 9.17) is 4.74 Å². The van der Waals surface area contributed by atoms with Crippen LogP contribution in [-0.2, 0) is 4.74 Å². The maximum Gasteiger partial charge on any atom is 0.339 e. The molecule has 2 aromatic carbocycles. The number of benzene rings is 2. The summed E-state index contributed by atoms with van der Waals surface area (Å²) >= 11 is 0.